The summed E-state index contributed by atoms with van der Waals surface area (Å²) < 4.78 is 0. The molecule has 0 bridgehead atoms. The van der Waals surface area contributed by atoms with Crippen molar-refractivity contribution < 1.29 is 4.79 Å². The monoisotopic (exact) mass is 255 g/mol. The van der Waals surface area contributed by atoms with Crippen molar-refractivity contribution in [2.24, 2.45) is 0 Å². The summed E-state index contributed by atoms with van der Waals surface area (Å²) in [4.78, 5) is 14.1. The molecule has 0 radical (unpaired) electrons. The van der Waals surface area contributed by atoms with E-state index in [0.717, 1.165) is 45.6 Å². The van der Waals surface area contributed by atoms with Gasteiger partial charge in [0.15, 0.2) is 0 Å². The molecule has 1 aliphatic rings. The molecule has 4 heteroatoms. The first-order chi connectivity index (χ1) is 8.76. The molecule has 1 atom stereocenters. The molecule has 4 nitrogen and oxygen atoms in total. The topological polar surface area (TPSA) is 44.4 Å². The van der Waals surface area contributed by atoms with E-state index >= 15 is 0 Å². The van der Waals surface area contributed by atoms with Crippen LogP contribution in [0.5, 0.6) is 0 Å². The van der Waals surface area contributed by atoms with Crippen LogP contribution in [0.1, 0.15) is 46.0 Å². The Balaban J connectivity index is 2.02. The molecule has 106 valence electrons. The zero-order valence-corrected chi connectivity index (χ0v) is 12.0. The molecule has 18 heavy (non-hydrogen) atoms. The number of hydrogen-bond donors (Lipinski definition) is 2. The van der Waals surface area contributed by atoms with Gasteiger partial charge >= 0.3 is 0 Å². The minimum atomic E-state index is 0.203. The van der Waals surface area contributed by atoms with Crippen LogP contribution in [0.25, 0.3) is 0 Å². The molecule has 0 saturated carbocycles. The molecular weight excluding hydrogens is 226 g/mol. The zero-order valence-electron chi connectivity index (χ0n) is 12.0. The van der Waals surface area contributed by atoms with Crippen molar-refractivity contribution in [3.63, 3.8) is 0 Å². The van der Waals surface area contributed by atoms with Crippen LogP contribution in [0, 0.1) is 0 Å². The fourth-order valence-electron chi connectivity index (χ4n) is 2.46. The van der Waals surface area contributed by atoms with Gasteiger partial charge in [-0.1, -0.05) is 20.3 Å². The number of nitrogens with one attached hydrogen (secondary N) is 2. The minimum absolute atomic E-state index is 0.203. The van der Waals surface area contributed by atoms with E-state index < -0.39 is 0 Å². The van der Waals surface area contributed by atoms with Crippen LogP contribution in [0.4, 0.5) is 0 Å². The Morgan fingerprint density at radius 3 is 2.72 bits per heavy atom. The molecule has 2 N–H and O–H groups in total. The number of rotatable bonds is 8. The Labute approximate surface area is 111 Å². The molecule has 1 amide bonds. The van der Waals surface area contributed by atoms with Crippen LogP contribution in [-0.2, 0) is 4.79 Å². The lowest BCUT2D eigenvalue weighted by Gasteiger charge is -2.23. The molecule has 1 fully saturated rings. The van der Waals surface area contributed by atoms with Crippen LogP contribution < -0.4 is 10.6 Å². The van der Waals surface area contributed by atoms with E-state index in [1.54, 1.807) is 0 Å². The maximum absolute atomic E-state index is 11.7. The van der Waals surface area contributed by atoms with Crippen molar-refractivity contribution in [1.29, 1.82) is 0 Å². The lowest BCUT2D eigenvalue weighted by Crippen LogP contribution is -2.39. The van der Waals surface area contributed by atoms with Gasteiger partial charge in [0.1, 0.15) is 0 Å². The number of piperidine rings is 1. The van der Waals surface area contributed by atoms with Crippen molar-refractivity contribution >= 4 is 5.91 Å². The number of nitrogens with zero attached hydrogens (tertiary/aromatic N) is 1. The summed E-state index contributed by atoms with van der Waals surface area (Å²) in [7, 11) is 0. The minimum Gasteiger partial charge on any atom is -0.356 e. The van der Waals surface area contributed by atoms with E-state index in [-0.39, 0.29) is 5.91 Å². The average Bonchev–Trinajstić information content (AvgIpc) is 2.40. The third kappa shape index (κ3) is 6.36. The Morgan fingerprint density at radius 1 is 1.33 bits per heavy atom. The van der Waals surface area contributed by atoms with E-state index in [1.165, 1.54) is 12.8 Å². The van der Waals surface area contributed by atoms with Crippen LogP contribution in [0.2, 0.25) is 0 Å². The Bertz CT molecular complexity index is 223. The number of amides is 1. The third-order valence-electron chi connectivity index (χ3n) is 3.71. The quantitative estimate of drug-likeness (QED) is 0.644. The largest absolute Gasteiger partial charge is 0.356 e. The average molecular weight is 255 g/mol. The fraction of sp³-hybridized carbons (Fsp3) is 0.929. The molecule has 0 aromatic rings. The molecule has 0 aliphatic carbocycles. The molecule has 1 rings (SSSR count). The predicted molar refractivity (Wildman–Crippen MR) is 75.7 cm³/mol. The maximum Gasteiger partial charge on any atom is 0.221 e. The van der Waals surface area contributed by atoms with Gasteiger partial charge < -0.3 is 15.5 Å². The zero-order chi connectivity index (χ0) is 13.2. The summed E-state index contributed by atoms with van der Waals surface area (Å²) >= 11 is 0. The van der Waals surface area contributed by atoms with Crippen LogP contribution in [-0.4, -0.2) is 49.6 Å². The van der Waals surface area contributed by atoms with Crippen molar-refractivity contribution in [3.05, 3.63) is 0 Å². The second kappa shape index (κ2) is 9.34. The maximum atomic E-state index is 11.7. The van der Waals surface area contributed by atoms with Gasteiger partial charge in [-0.25, -0.2) is 0 Å². The summed E-state index contributed by atoms with van der Waals surface area (Å²) in [6.07, 6.45) is 5.35. The van der Waals surface area contributed by atoms with Crippen LogP contribution in [0.15, 0.2) is 0 Å². The highest BCUT2D eigenvalue weighted by molar-refractivity contribution is 5.76. The van der Waals surface area contributed by atoms with Crippen LogP contribution >= 0.6 is 0 Å². The highest BCUT2D eigenvalue weighted by atomic mass is 16.1. The van der Waals surface area contributed by atoms with E-state index in [4.69, 9.17) is 0 Å². The Kier molecular flexibility index (Phi) is 8.01. The van der Waals surface area contributed by atoms with Crippen molar-refractivity contribution in [2.75, 3.05) is 32.7 Å². The highest BCUT2D eigenvalue weighted by Gasteiger charge is 2.15. The van der Waals surface area contributed by atoms with Gasteiger partial charge in [0.25, 0.3) is 0 Å². The first-order valence-corrected chi connectivity index (χ1v) is 7.48. The molecule has 1 heterocycles. The molecule has 0 spiro atoms. The lowest BCUT2D eigenvalue weighted by atomic mass is 10.0. The number of carbonyl (C=O) groups excluding carboxylic acids is 1. The normalized spacial score (nSPS) is 20.1. The van der Waals surface area contributed by atoms with E-state index in [1.807, 2.05) is 0 Å². The Morgan fingerprint density at radius 2 is 2.11 bits per heavy atom. The smallest absolute Gasteiger partial charge is 0.221 e. The first kappa shape index (κ1) is 15.4. The van der Waals surface area contributed by atoms with Crippen molar-refractivity contribution in [1.82, 2.24) is 15.5 Å². The third-order valence-corrected chi connectivity index (χ3v) is 3.71. The van der Waals surface area contributed by atoms with E-state index in [2.05, 4.69) is 29.4 Å². The van der Waals surface area contributed by atoms with Crippen LogP contribution in [0.3, 0.4) is 0 Å². The van der Waals surface area contributed by atoms with E-state index in [9.17, 15) is 4.79 Å². The van der Waals surface area contributed by atoms with Gasteiger partial charge in [-0.15, -0.1) is 0 Å². The fourth-order valence-corrected chi connectivity index (χ4v) is 2.46. The number of hydrogen-bond acceptors (Lipinski definition) is 3. The van der Waals surface area contributed by atoms with Gasteiger partial charge in [0, 0.05) is 19.0 Å². The molecule has 0 aromatic carbocycles. The summed E-state index contributed by atoms with van der Waals surface area (Å²) in [5, 5.41) is 6.44. The van der Waals surface area contributed by atoms with Gasteiger partial charge in [-0.2, -0.15) is 0 Å². The molecule has 1 saturated heterocycles. The van der Waals surface area contributed by atoms with Crippen molar-refractivity contribution in [3.8, 4) is 0 Å². The van der Waals surface area contributed by atoms with Gasteiger partial charge in [0.05, 0.1) is 0 Å². The SMILES string of the molecule is CCN(CC)CCCNC(=O)CC1CCCCN1. The van der Waals surface area contributed by atoms with Gasteiger partial charge in [0.2, 0.25) is 5.91 Å². The van der Waals surface area contributed by atoms with Gasteiger partial charge in [-0.3, -0.25) is 4.79 Å². The second-order valence-electron chi connectivity index (χ2n) is 5.08. The second-order valence-corrected chi connectivity index (χ2v) is 5.08. The Hall–Kier alpha value is -0.610. The molecule has 0 aromatic heterocycles. The van der Waals surface area contributed by atoms with E-state index in [0.29, 0.717) is 12.5 Å². The molecular formula is C14H29N3O. The van der Waals surface area contributed by atoms with Gasteiger partial charge in [-0.05, 0) is 45.4 Å². The summed E-state index contributed by atoms with van der Waals surface area (Å²) in [6, 6.07) is 0.404. The standard InChI is InChI=1S/C14H29N3O/c1-3-17(4-2)11-7-10-16-14(18)12-13-8-5-6-9-15-13/h13,15H,3-12H2,1-2H3,(H,16,18). The summed E-state index contributed by atoms with van der Waals surface area (Å²) in [6.45, 7) is 9.50. The summed E-state index contributed by atoms with van der Waals surface area (Å²) in [5.74, 6) is 0.203. The summed E-state index contributed by atoms with van der Waals surface area (Å²) in [5.41, 5.74) is 0. The predicted octanol–water partition coefficient (Wildman–Crippen LogP) is 1.37. The molecule has 1 unspecified atom stereocenters. The molecule has 1 aliphatic heterocycles. The lowest BCUT2D eigenvalue weighted by molar-refractivity contribution is -0.121. The highest BCUT2D eigenvalue weighted by Crippen LogP contribution is 2.09. The first-order valence-electron chi connectivity index (χ1n) is 7.48. The number of carbonyl (C=O) groups is 1. The van der Waals surface area contributed by atoms with Crippen molar-refractivity contribution in [2.45, 2.75) is 52.0 Å².